The van der Waals surface area contributed by atoms with Crippen LogP contribution in [0, 0.1) is 10.1 Å². The van der Waals surface area contributed by atoms with Gasteiger partial charge in [0.05, 0.1) is 17.2 Å². The van der Waals surface area contributed by atoms with Gasteiger partial charge in [-0.1, -0.05) is 19.1 Å². The average molecular weight is 307 g/mol. The Balaban J connectivity index is 2.16. The van der Waals surface area contributed by atoms with Crippen molar-refractivity contribution in [2.45, 2.75) is 13.5 Å². The van der Waals surface area contributed by atoms with E-state index in [9.17, 15) is 10.1 Å². The quantitative estimate of drug-likeness (QED) is 0.628. The Morgan fingerprint density at radius 3 is 2.95 bits per heavy atom. The number of aliphatic hydroxyl groups excluding tert-OH is 1. The van der Waals surface area contributed by atoms with Gasteiger partial charge in [-0.3, -0.25) is 15.0 Å². The maximum Gasteiger partial charge on any atom is 0.270 e. The first-order chi connectivity index (χ1) is 10.1. The Hall–Kier alpha value is -1.83. The summed E-state index contributed by atoms with van der Waals surface area (Å²) in [4.78, 5) is 17.0. The van der Waals surface area contributed by atoms with Crippen LogP contribution in [0.1, 0.15) is 12.6 Å². The third kappa shape index (κ3) is 4.07. The van der Waals surface area contributed by atoms with Crippen molar-refractivity contribution in [3.05, 3.63) is 45.5 Å². The lowest BCUT2D eigenvalue weighted by molar-refractivity contribution is -0.384. The maximum atomic E-state index is 10.8. The lowest BCUT2D eigenvalue weighted by Crippen LogP contribution is -2.26. The minimum atomic E-state index is -0.405. The maximum absolute atomic E-state index is 10.8. The van der Waals surface area contributed by atoms with Crippen LogP contribution >= 0.6 is 11.3 Å². The molecule has 21 heavy (non-hydrogen) atoms. The van der Waals surface area contributed by atoms with Crippen LogP contribution in [0.25, 0.3) is 10.6 Å². The van der Waals surface area contributed by atoms with Crippen molar-refractivity contribution < 1.29 is 10.0 Å². The zero-order valence-electron chi connectivity index (χ0n) is 11.7. The number of hydrogen-bond acceptors (Lipinski definition) is 6. The lowest BCUT2D eigenvalue weighted by atomic mass is 10.2. The number of thiazole rings is 1. The van der Waals surface area contributed by atoms with Gasteiger partial charge in [-0.05, 0) is 6.54 Å². The van der Waals surface area contributed by atoms with E-state index < -0.39 is 4.92 Å². The van der Waals surface area contributed by atoms with Gasteiger partial charge in [0.25, 0.3) is 5.69 Å². The Kier molecular flexibility index (Phi) is 5.38. The van der Waals surface area contributed by atoms with Gasteiger partial charge in [-0.2, -0.15) is 0 Å². The van der Waals surface area contributed by atoms with Crippen molar-refractivity contribution in [2.24, 2.45) is 0 Å². The van der Waals surface area contributed by atoms with E-state index >= 15 is 0 Å². The first kappa shape index (κ1) is 15.6. The molecule has 1 heterocycles. The molecule has 0 saturated heterocycles. The predicted molar refractivity (Wildman–Crippen MR) is 82.2 cm³/mol. The minimum absolute atomic E-state index is 0.0692. The highest BCUT2D eigenvalue weighted by Crippen LogP contribution is 2.27. The molecule has 0 amide bonds. The molecule has 0 spiro atoms. The Bertz CT molecular complexity index is 615. The van der Waals surface area contributed by atoms with E-state index in [1.807, 2.05) is 18.4 Å². The number of nitro groups is 1. The number of non-ortho nitro benzene ring substituents is 1. The highest BCUT2D eigenvalue weighted by Gasteiger charge is 2.11. The number of nitrogens with zero attached hydrogens (tertiary/aromatic N) is 3. The van der Waals surface area contributed by atoms with E-state index in [4.69, 9.17) is 5.11 Å². The van der Waals surface area contributed by atoms with Crippen LogP contribution in [0.2, 0.25) is 0 Å². The van der Waals surface area contributed by atoms with Crippen LogP contribution in [0.3, 0.4) is 0 Å². The molecule has 0 fully saturated rings. The lowest BCUT2D eigenvalue weighted by Gasteiger charge is -2.17. The first-order valence-electron chi connectivity index (χ1n) is 6.66. The molecule has 1 aromatic carbocycles. The fraction of sp³-hybridized carbons (Fsp3) is 0.357. The summed E-state index contributed by atoms with van der Waals surface area (Å²) in [6.07, 6.45) is 0. The van der Waals surface area contributed by atoms with Gasteiger partial charge in [0.2, 0.25) is 0 Å². The third-order valence-electron chi connectivity index (χ3n) is 3.10. The Morgan fingerprint density at radius 2 is 2.29 bits per heavy atom. The Morgan fingerprint density at radius 1 is 1.48 bits per heavy atom. The van der Waals surface area contributed by atoms with Gasteiger partial charge in [0, 0.05) is 36.2 Å². The topological polar surface area (TPSA) is 79.5 Å². The molecule has 1 N–H and O–H groups in total. The number of aliphatic hydroxyl groups is 1. The highest BCUT2D eigenvalue weighted by molar-refractivity contribution is 7.13. The first-order valence-corrected chi connectivity index (χ1v) is 7.54. The zero-order chi connectivity index (χ0) is 15.2. The summed E-state index contributed by atoms with van der Waals surface area (Å²) < 4.78 is 0. The third-order valence-corrected chi connectivity index (χ3v) is 4.04. The molecular weight excluding hydrogens is 290 g/mol. The van der Waals surface area contributed by atoms with Gasteiger partial charge < -0.3 is 5.11 Å². The van der Waals surface area contributed by atoms with Crippen LogP contribution < -0.4 is 0 Å². The van der Waals surface area contributed by atoms with Crippen LogP contribution in [0.5, 0.6) is 0 Å². The standard InChI is InChI=1S/C14H17N3O3S/c1-2-16(6-7-18)9-12-10-21-14(15-12)11-4-3-5-13(8-11)17(19)20/h3-5,8,10,18H,2,6-7,9H2,1H3. The van der Waals surface area contributed by atoms with E-state index in [1.165, 1.54) is 23.5 Å². The summed E-state index contributed by atoms with van der Waals surface area (Å²) in [6.45, 7) is 4.27. The summed E-state index contributed by atoms with van der Waals surface area (Å²) in [7, 11) is 0. The molecule has 0 saturated carbocycles. The highest BCUT2D eigenvalue weighted by atomic mass is 32.1. The average Bonchev–Trinajstić information content (AvgIpc) is 2.95. The second-order valence-electron chi connectivity index (χ2n) is 4.54. The van der Waals surface area contributed by atoms with Crippen molar-refractivity contribution in [1.82, 2.24) is 9.88 Å². The minimum Gasteiger partial charge on any atom is -0.395 e. The normalized spacial score (nSPS) is 11.0. The van der Waals surface area contributed by atoms with Crippen molar-refractivity contribution in [3.63, 3.8) is 0 Å². The molecule has 1 aromatic heterocycles. The van der Waals surface area contributed by atoms with Crippen LogP contribution in [0.4, 0.5) is 5.69 Å². The Labute approximate surface area is 126 Å². The van der Waals surface area contributed by atoms with Gasteiger partial charge in [0.1, 0.15) is 5.01 Å². The molecule has 0 radical (unpaired) electrons. The molecule has 2 rings (SSSR count). The molecule has 0 bridgehead atoms. The van der Waals surface area contributed by atoms with E-state index in [0.717, 1.165) is 22.8 Å². The van der Waals surface area contributed by atoms with Gasteiger partial charge in [0.15, 0.2) is 0 Å². The smallest absolute Gasteiger partial charge is 0.270 e. The van der Waals surface area contributed by atoms with Crippen molar-refractivity contribution in [2.75, 3.05) is 19.7 Å². The second-order valence-corrected chi connectivity index (χ2v) is 5.40. The monoisotopic (exact) mass is 307 g/mol. The van der Waals surface area contributed by atoms with Crippen LogP contribution in [-0.4, -0.2) is 39.6 Å². The summed E-state index contributed by atoms with van der Waals surface area (Å²) in [5.41, 5.74) is 1.74. The zero-order valence-corrected chi connectivity index (χ0v) is 12.5. The number of benzene rings is 1. The molecule has 0 aliphatic rings. The van der Waals surface area contributed by atoms with Gasteiger partial charge >= 0.3 is 0 Å². The summed E-state index contributed by atoms with van der Waals surface area (Å²) >= 11 is 1.47. The molecular formula is C14H17N3O3S. The van der Waals surface area contributed by atoms with Crippen molar-refractivity contribution in [1.29, 1.82) is 0 Å². The van der Waals surface area contributed by atoms with E-state index in [0.29, 0.717) is 13.1 Å². The summed E-state index contributed by atoms with van der Waals surface area (Å²) in [5.74, 6) is 0. The summed E-state index contributed by atoms with van der Waals surface area (Å²) in [5, 5.41) is 22.5. The van der Waals surface area contributed by atoms with E-state index in [1.54, 1.807) is 6.07 Å². The molecule has 0 aliphatic carbocycles. The molecule has 7 heteroatoms. The number of hydrogen-bond donors (Lipinski definition) is 1. The molecule has 2 aromatic rings. The van der Waals surface area contributed by atoms with Crippen molar-refractivity contribution in [3.8, 4) is 10.6 Å². The number of aromatic nitrogens is 1. The number of likely N-dealkylation sites (N-methyl/N-ethyl adjacent to an activating group) is 1. The van der Waals surface area contributed by atoms with Gasteiger partial charge in [-0.15, -0.1) is 11.3 Å². The molecule has 0 aliphatic heterocycles. The summed E-state index contributed by atoms with van der Waals surface area (Å²) in [6, 6.07) is 6.49. The SMILES string of the molecule is CCN(CCO)Cc1csc(-c2cccc([N+](=O)[O-])c2)n1. The van der Waals surface area contributed by atoms with E-state index in [-0.39, 0.29) is 12.3 Å². The largest absolute Gasteiger partial charge is 0.395 e. The van der Waals surface area contributed by atoms with E-state index in [2.05, 4.69) is 9.88 Å². The molecule has 112 valence electrons. The van der Waals surface area contributed by atoms with Gasteiger partial charge in [-0.25, -0.2) is 4.98 Å². The molecule has 6 nitrogen and oxygen atoms in total. The van der Waals surface area contributed by atoms with Crippen molar-refractivity contribution >= 4 is 17.0 Å². The fourth-order valence-corrected chi connectivity index (χ4v) is 2.79. The molecule has 0 atom stereocenters. The predicted octanol–water partition coefficient (Wildman–Crippen LogP) is 2.53. The fourth-order valence-electron chi connectivity index (χ4n) is 1.98. The van der Waals surface area contributed by atoms with Crippen LogP contribution in [-0.2, 0) is 6.54 Å². The number of nitro benzene ring substituents is 1. The molecule has 0 unspecified atom stereocenters. The van der Waals surface area contributed by atoms with Crippen LogP contribution in [0.15, 0.2) is 29.6 Å². The second kappa shape index (κ2) is 7.26. The number of rotatable bonds is 7.